The van der Waals surface area contributed by atoms with Gasteiger partial charge in [-0.1, -0.05) is 0 Å². The van der Waals surface area contributed by atoms with E-state index in [1.807, 2.05) is 0 Å². The van der Waals surface area contributed by atoms with Crippen LogP contribution in [0.4, 0.5) is 16.3 Å². The fraction of sp³-hybridized carbons (Fsp3) is 0.333. The van der Waals surface area contributed by atoms with E-state index in [1.54, 1.807) is 36.3 Å². The van der Waals surface area contributed by atoms with E-state index in [0.29, 0.717) is 31.1 Å². The fourth-order valence-electron chi connectivity index (χ4n) is 2.42. The van der Waals surface area contributed by atoms with Crippen LogP contribution in [0.2, 0.25) is 0 Å². The molecule has 0 bridgehead atoms. The molecular weight excluding hydrogens is 330 g/mol. The van der Waals surface area contributed by atoms with Crippen molar-refractivity contribution in [1.29, 1.82) is 0 Å². The zero-order valence-electron chi connectivity index (χ0n) is 13.5. The van der Waals surface area contributed by atoms with Gasteiger partial charge in [-0.05, 0) is 29.2 Å². The molecule has 0 fully saturated rings. The van der Waals surface area contributed by atoms with E-state index in [1.165, 1.54) is 10.8 Å². The molecule has 1 N–H and O–H groups in total. The molecule has 10 heteroatoms. The highest BCUT2D eigenvalue weighted by Gasteiger charge is 2.24. The van der Waals surface area contributed by atoms with Gasteiger partial charge in [0, 0.05) is 23.8 Å². The predicted octanol–water partition coefficient (Wildman–Crippen LogP) is 1.73. The van der Waals surface area contributed by atoms with Gasteiger partial charge in [-0.25, -0.2) is 4.79 Å². The van der Waals surface area contributed by atoms with Gasteiger partial charge in [0.2, 0.25) is 0 Å². The lowest BCUT2D eigenvalue weighted by molar-refractivity contribution is -0.389. The Kier molecular flexibility index (Phi) is 4.68. The van der Waals surface area contributed by atoms with Crippen molar-refractivity contribution in [2.75, 3.05) is 32.1 Å². The van der Waals surface area contributed by atoms with Gasteiger partial charge in [0.15, 0.2) is 0 Å². The molecule has 3 rings (SSSR count). The van der Waals surface area contributed by atoms with E-state index in [2.05, 4.69) is 10.3 Å². The number of carbonyl (C=O) groups excluding carboxylic acids is 1. The molecule has 1 aliphatic rings. The highest BCUT2D eigenvalue weighted by molar-refractivity contribution is 5.89. The maximum absolute atomic E-state index is 12.4. The first-order valence-corrected chi connectivity index (χ1v) is 7.61. The number of urea groups is 1. The van der Waals surface area contributed by atoms with Crippen LogP contribution in [0.15, 0.2) is 30.5 Å². The van der Waals surface area contributed by atoms with Crippen LogP contribution in [-0.2, 0) is 6.54 Å². The molecule has 0 aliphatic carbocycles. The van der Waals surface area contributed by atoms with Crippen molar-refractivity contribution in [2.45, 2.75) is 6.54 Å². The molecule has 1 aromatic heterocycles. The highest BCUT2D eigenvalue weighted by Crippen LogP contribution is 2.19. The van der Waals surface area contributed by atoms with Crippen LogP contribution in [0.1, 0.15) is 0 Å². The predicted molar refractivity (Wildman–Crippen MR) is 88.0 cm³/mol. The smallest absolute Gasteiger partial charge is 0.414 e. The molecule has 1 aliphatic heterocycles. The summed E-state index contributed by atoms with van der Waals surface area (Å²) in [6, 6.07) is 6.92. The second kappa shape index (κ2) is 7.07. The van der Waals surface area contributed by atoms with Crippen molar-refractivity contribution >= 4 is 17.5 Å². The molecule has 0 atom stereocenters. The number of nitrogens with one attached hydrogen (secondary N) is 1. The van der Waals surface area contributed by atoms with E-state index in [9.17, 15) is 14.9 Å². The summed E-state index contributed by atoms with van der Waals surface area (Å²) in [5.74, 6) is 0.429. The summed E-state index contributed by atoms with van der Waals surface area (Å²) in [7, 11) is 1.57. The van der Waals surface area contributed by atoms with Crippen LogP contribution in [-0.4, -0.2) is 52.2 Å². The standard InChI is InChI=1S/C15H17N5O5/c1-24-12-4-2-11(3-5-12)16-14(21)18-6-7-19-10-13(20(22)23)17-15(19)25-9-8-18/h2-5,10H,6-9H2,1H3,(H,16,21). The maximum Gasteiger partial charge on any atom is 0.414 e. The number of amides is 2. The normalized spacial score (nSPS) is 13.9. The fourth-order valence-corrected chi connectivity index (χ4v) is 2.42. The second-order valence-electron chi connectivity index (χ2n) is 5.33. The Morgan fingerprint density at radius 1 is 1.32 bits per heavy atom. The number of ether oxygens (including phenoxy) is 2. The summed E-state index contributed by atoms with van der Waals surface area (Å²) >= 11 is 0. The van der Waals surface area contributed by atoms with Crippen molar-refractivity contribution in [3.8, 4) is 11.8 Å². The van der Waals surface area contributed by atoms with E-state index in [4.69, 9.17) is 9.47 Å². The number of aromatic nitrogens is 2. The van der Waals surface area contributed by atoms with Crippen LogP contribution in [0.5, 0.6) is 11.8 Å². The highest BCUT2D eigenvalue weighted by atomic mass is 16.6. The molecule has 25 heavy (non-hydrogen) atoms. The Labute approximate surface area is 143 Å². The lowest BCUT2D eigenvalue weighted by Crippen LogP contribution is -2.41. The summed E-state index contributed by atoms with van der Waals surface area (Å²) < 4.78 is 12.0. The number of nitrogens with zero attached hydrogens (tertiary/aromatic N) is 4. The van der Waals surface area contributed by atoms with Crippen molar-refractivity contribution < 1.29 is 19.2 Å². The second-order valence-corrected chi connectivity index (χ2v) is 5.33. The average Bonchev–Trinajstić information content (AvgIpc) is 2.98. The molecule has 0 spiro atoms. The number of hydrogen-bond acceptors (Lipinski definition) is 6. The van der Waals surface area contributed by atoms with Gasteiger partial charge in [0.25, 0.3) is 0 Å². The van der Waals surface area contributed by atoms with Crippen LogP contribution in [0.3, 0.4) is 0 Å². The first-order valence-electron chi connectivity index (χ1n) is 7.61. The molecule has 0 radical (unpaired) electrons. The number of fused-ring (bicyclic) bond motifs is 1. The molecule has 0 saturated heterocycles. The van der Waals surface area contributed by atoms with Crippen molar-refractivity contribution in [3.05, 3.63) is 40.6 Å². The van der Waals surface area contributed by atoms with Gasteiger partial charge in [0.05, 0.1) is 13.7 Å². The number of nitro groups is 1. The lowest BCUT2D eigenvalue weighted by atomic mass is 10.3. The molecule has 2 heterocycles. The van der Waals surface area contributed by atoms with Gasteiger partial charge < -0.3 is 29.8 Å². The summed E-state index contributed by atoms with van der Waals surface area (Å²) in [5.41, 5.74) is 0.646. The van der Waals surface area contributed by atoms with Crippen molar-refractivity contribution in [3.63, 3.8) is 0 Å². The third-order valence-corrected chi connectivity index (χ3v) is 3.75. The average molecular weight is 347 g/mol. The van der Waals surface area contributed by atoms with Crippen molar-refractivity contribution in [1.82, 2.24) is 14.5 Å². The van der Waals surface area contributed by atoms with E-state index < -0.39 is 4.92 Å². The largest absolute Gasteiger partial charge is 0.497 e. The van der Waals surface area contributed by atoms with Gasteiger partial charge in [-0.2, -0.15) is 0 Å². The van der Waals surface area contributed by atoms with E-state index in [0.717, 1.165) is 0 Å². The molecular formula is C15H17N5O5. The number of carbonyl (C=O) groups is 1. The van der Waals surface area contributed by atoms with Gasteiger partial charge in [-0.15, -0.1) is 0 Å². The Hall–Kier alpha value is -3.30. The molecule has 1 aromatic carbocycles. The van der Waals surface area contributed by atoms with Gasteiger partial charge >= 0.3 is 17.9 Å². The number of imidazole rings is 1. The summed E-state index contributed by atoms with van der Waals surface area (Å²) in [4.78, 5) is 28.0. The third kappa shape index (κ3) is 3.79. The topological polar surface area (TPSA) is 112 Å². The Bertz CT molecular complexity index is 773. The molecule has 10 nitrogen and oxygen atoms in total. The monoisotopic (exact) mass is 347 g/mol. The van der Waals surface area contributed by atoms with Crippen LogP contribution in [0.25, 0.3) is 0 Å². The minimum atomic E-state index is -0.574. The van der Waals surface area contributed by atoms with Crippen LogP contribution >= 0.6 is 0 Å². The minimum absolute atomic E-state index is 0.196. The lowest BCUT2D eigenvalue weighted by Gasteiger charge is -2.25. The first kappa shape index (κ1) is 16.6. The molecule has 0 unspecified atom stereocenters. The Morgan fingerprint density at radius 3 is 2.76 bits per heavy atom. The Balaban J connectivity index is 1.64. The summed E-state index contributed by atoms with van der Waals surface area (Å²) in [6.45, 7) is 1.28. The number of hydrogen-bond donors (Lipinski definition) is 1. The number of benzene rings is 1. The third-order valence-electron chi connectivity index (χ3n) is 3.75. The first-order chi connectivity index (χ1) is 12.1. The van der Waals surface area contributed by atoms with Crippen LogP contribution in [0, 0.1) is 10.1 Å². The molecule has 2 amide bonds. The molecule has 2 aromatic rings. The zero-order valence-corrected chi connectivity index (χ0v) is 13.5. The molecule has 0 saturated carbocycles. The Morgan fingerprint density at radius 2 is 2.08 bits per heavy atom. The zero-order chi connectivity index (χ0) is 17.8. The van der Waals surface area contributed by atoms with Crippen LogP contribution < -0.4 is 14.8 Å². The summed E-state index contributed by atoms with van der Waals surface area (Å²) in [5, 5.41) is 13.6. The van der Waals surface area contributed by atoms with Gasteiger partial charge in [-0.3, -0.25) is 4.57 Å². The number of rotatable bonds is 3. The van der Waals surface area contributed by atoms with E-state index >= 15 is 0 Å². The molecule has 132 valence electrons. The van der Waals surface area contributed by atoms with Gasteiger partial charge in [0.1, 0.15) is 18.6 Å². The van der Waals surface area contributed by atoms with Crippen molar-refractivity contribution in [2.24, 2.45) is 0 Å². The maximum atomic E-state index is 12.4. The minimum Gasteiger partial charge on any atom is -0.497 e. The summed E-state index contributed by atoms with van der Waals surface area (Å²) in [6.07, 6.45) is 1.31. The number of anilines is 1. The quantitative estimate of drug-likeness (QED) is 0.668. The van der Waals surface area contributed by atoms with E-state index in [-0.39, 0.29) is 24.5 Å². The number of methoxy groups -OCH3 is 1. The SMILES string of the molecule is COc1ccc(NC(=O)N2CCOc3nc([N+](=O)[O-])cn3CC2)cc1.